The van der Waals surface area contributed by atoms with Crippen molar-refractivity contribution in [2.45, 2.75) is 12.8 Å². The predicted octanol–water partition coefficient (Wildman–Crippen LogP) is 3.63. The van der Waals surface area contributed by atoms with Crippen molar-refractivity contribution in [2.24, 2.45) is 0 Å². The molecule has 0 bridgehead atoms. The summed E-state index contributed by atoms with van der Waals surface area (Å²) in [5.41, 5.74) is 1.52. The lowest BCUT2D eigenvalue weighted by Gasteiger charge is -2.22. The molecule has 2 amide bonds. The third-order valence-electron chi connectivity index (χ3n) is 4.70. The number of benzene rings is 2. The smallest absolute Gasteiger partial charge is 0.253 e. The highest BCUT2D eigenvalue weighted by molar-refractivity contribution is 9.10. The molecule has 0 saturated carbocycles. The summed E-state index contributed by atoms with van der Waals surface area (Å²) >= 11 is 3.44. The molecule has 5 nitrogen and oxygen atoms in total. The van der Waals surface area contributed by atoms with Crippen LogP contribution in [0.3, 0.4) is 0 Å². The number of rotatable bonds is 5. The standard InChI is InChI=1S/C21H24BrN3O2/c22-18-9-4-5-10-19(18)23-20(26)11-14-24-12-6-13-25(16-15-24)21(27)17-7-2-1-3-8-17/h1-5,7-10H,6,11-16H2,(H,23,26). The molecule has 0 spiro atoms. The van der Waals surface area contributed by atoms with Crippen LogP contribution in [0.4, 0.5) is 5.69 Å². The van der Waals surface area contributed by atoms with Crippen molar-refractivity contribution in [3.63, 3.8) is 0 Å². The second-order valence-electron chi connectivity index (χ2n) is 6.63. The Hall–Kier alpha value is -2.18. The second kappa shape index (κ2) is 9.67. The number of nitrogens with one attached hydrogen (secondary N) is 1. The van der Waals surface area contributed by atoms with Gasteiger partial charge >= 0.3 is 0 Å². The van der Waals surface area contributed by atoms with Crippen LogP contribution >= 0.6 is 15.9 Å². The van der Waals surface area contributed by atoms with Crippen molar-refractivity contribution < 1.29 is 9.59 Å². The van der Waals surface area contributed by atoms with E-state index in [1.165, 1.54) is 0 Å². The molecule has 27 heavy (non-hydrogen) atoms. The summed E-state index contributed by atoms with van der Waals surface area (Å²) in [5, 5.41) is 2.94. The molecule has 1 N–H and O–H groups in total. The molecule has 3 rings (SSSR count). The summed E-state index contributed by atoms with van der Waals surface area (Å²) in [5.74, 6) is 0.0903. The average Bonchev–Trinajstić information content (AvgIpc) is 2.94. The van der Waals surface area contributed by atoms with Crippen LogP contribution in [0.25, 0.3) is 0 Å². The number of hydrogen-bond acceptors (Lipinski definition) is 3. The highest BCUT2D eigenvalue weighted by Gasteiger charge is 2.20. The van der Waals surface area contributed by atoms with E-state index < -0.39 is 0 Å². The van der Waals surface area contributed by atoms with Gasteiger partial charge in [0.05, 0.1) is 5.69 Å². The minimum atomic E-state index is 0.00312. The molecular weight excluding hydrogens is 406 g/mol. The molecule has 1 aliphatic heterocycles. The third-order valence-corrected chi connectivity index (χ3v) is 5.39. The molecule has 0 unspecified atom stereocenters. The lowest BCUT2D eigenvalue weighted by molar-refractivity contribution is -0.116. The maximum absolute atomic E-state index is 12.6. The fraction of sp³-hybridized carbons (Fsp3) is 0.333. The van der Waals surface area contributed by atoms with Crippen LogP contribution in [0, 0.1) is 0 Å². The number of hydrogen-bond donors (Lipinski definition) is 1. The zero-order valence-electron chi connectivity index (χ0n) is 15.2. The first-order valence-electron chi connectivity index (χ1n) is 9.24. The van der Waals surface area contributed by atoms with Gasteiger partial charge in [0.2, 0.25) is 5.91 Å². The molecular formula is C21H24BrN3O2. The minimum Gasteiger partial charge on any atom is -0.337 e. The van der Waals surface area contributed by atoms with Crippen LogP contribution in [0.2, 0.25) is 0 Å². The van der Waals surface area contributed by atoms with Gasteiger partial charge in [0.15, 0.2) is 0 Å². The predicted molar refractivity (Wildman–Crippen MR) is 111 cm³/mol. The van der Waals surface area contributed by atoms with Crippen LogP contribution in [-0.2, 0) is 4.79 Å². The summed E-state index contributed by atoms with van der Waals surface area (Å²) in [6.45, 7) is 3.85. The van der Waals surface area contributed by atoms with Crippen molar-refractivity contribution in [3.8, 4) is 0 Å². The molecule has 0 radical (unpaired) electrons. The molecule has 0 aliphatic carbocycles. The van der Waals surface area contributed by atoms with E-state index in [0.717, 1.165) is 41.8 Å². The Balaban J connectivity index is 1.46. The van der Waals surface area contributed by atoms with Crippen LogP contribution in [0.15, 0.2) is 59.1 Å². The molecule has 6 heteroatoms. The van der Waals surface area contributed by atoms with E-state index in [1.807, 2.05) is 59.5 Å². The van der Waals surface area contributed by atoms with Gasteiger partial charge in [-0.1, -0.05) is 30.3 Å². The molecule has 2 aromatic rings. The van der Waals surface area contributed by atoms with Gasteiger partial charge in [-0.3, -0.25) is 9.59 Å². The largest absolute Gasteiger partial charge is 0.337 e. The number of para-hydroxylation sites is 1. The molecule has 2 aromatic carbocycles. The van der Waals surface area contributed by atoms with Gasteiger partial charge in [0, 0.05) is 42.6 Å². The Morgan fingerprint density at radius 2 is 1.67 bits per heavy atom. The van der Waals surface area contributed by atoms with Crippen molar-refractivity contribution in [3.05, 3.63) is 64.6 Å². The van der Waals surface area contributed by atoms with Gasteiger partial charge in [0.25, 0.3) is 5.91 Å². The number of amides is 2. The number of carbonyl (C=O) groups is 2. The Kier molecular flexibility index (Phi) is 7.01. The molecule has 1 heterocycles. The molecule has 142 valence electrons. The summed E-state index contributed by atoms with van der Waals surface area (Å²) in [4.78, 5) is 29.0. The van der Waals surface area contributed by atoms with E-state index in [2.05, 4.69) is 26.1 Å². The quantitative estimate of drug-likeness (QED) is 0.789. The van der Waals surface area contributed by atoms with E-state index in [0.29, 0.717) is 19.5 Å². The number of nitrogens with zero attached hydrogens (tertiary/aromatic N) is 2. The van der Waals surface area contributed by atoms with Gasteiger partial charge in [-0.25, -0.2) is 0 Å². The highest BCUT2D eigenvalue weighted by Crippen LogP contribution is 2.21. The SMILES string of the molecule is O=C(CCN1CCCN(C(=O)c2ccccc2)CC1)Nc1ccccc1Br. The lowest BCUT2D eigenvalue weighted by Crippen LogP contribution is -2.36. The van der Waals surface area contributed by atoms with Crippen LogP contribution in [-0.4, -0.2) is 54.3 Å². The monoisotopic (exact) mass is 429 g/mol. The summed E-state index contributed by atoms with van der Waals surface area (Å²) < 4.78 is 0.878. The maximum atomic E-state index is 12.6. The Morgan fingerprint density at radius 3 is 2.44 bits per heavy atom. The Bertz CT molecular complexity index is 782. The van der Waals surface area contributed by atoms with Crippen LogP contribution in [0.1, 0.15) is 23.2 Å². The van der Waals surface area contributed by atoms with E-state index in [-0.39, 0.29) is 11.8 Å². The van der Waals surface area contributed by atoms with Gasteiger partial charge in [-0.15, -0.1) is 0 Å². The van der Waals surface area contributed by atoms with E-state index in [4.69, 9.17) is 0 Å². The Morgan fingerprint density at radius 1 is 0.926 bits per heavy atom. The molecule has 1 fully saturated rings. The van der Waals surface area contributed by atoms with Crippen LogP contribution < -0.4 is 5.32 Å². The third kappa shape index (κ3) is 5.65. The van der Waals surface area contributed by atoms with E-state index in [9.17, 15) is 9.59 Å². The normalized spacial score (nSPS) is 15.2. The average molecular weight is 430 g/mol. The first kappa shape index (κ1) is 19.6. The Labute approximate surface area is 168 Å². The van der Waals surface area contributed by atoms with E-state index in [1.54, 1.807) is 0 Å². The summed E-state index contributed by atoms with van der Waals surface area (Å²) in [6, 6.07) is 17.0. The van der Waals surface area contributed by atoms with Gasteiger partial charge in [-0.2, -0.15) is 0 Å². The maximum Gasteiger partial charge on any atom is 0.253 e. The van der Waals surface area contributed by atoms with Crippen LogP contribution in [0.5, 0.6) is 0 Å². The fourth-order valence-electron chi connectivity index (χ4n) is 3.20. The summed E-state index contributed by atoms with van der Waals surface area (Å²) in [7, 11) is 0. The van der Waals surface area contributed by atoms with Crippen molar-refractivity contribution >= 4 is 33.4 Å². The van der Waals surface area contributed by atoms with Gasteiger partial charge in [-0.05, 0) is 53.2 Å². The van der Waals surface area contributed by atoms with Crippen molar-refractivity contribution in [1.29, 1.82) is 0 Å². The molecule has 0 aromatic heterocycles. The van der Waals surface area contributed by atoms with Gasteiger partial charge < -0.3 is 15.1 Å². The number of anilines is 1. The second-order valence-corrected chi connectivity index (χ2v) is 7.49. The zero-order chi connectivity index (χ0) is 19.1. The van der Waals surface area contributed by atoms with Crippen molar-refractivity contribution in [1.82, 2.24) is 9.80 Å². The minimum absolute atomic E-state index is 0.00312. The van der Waals surface area contributed by atoms with Gasteiger partial charge in [0.1, 0.15) is 0 Å². The number of halogens is 1. The first-order valence-corrected chi connectivity index (χ1v) is 10.0. The molecule has 0 atom stereocenters. The molecule has 1 saturated heterocycles. The fourth-order valence-corrected chi connectivity index (χ4v) is 3.58. The highest BCUT2D eigenvalue weighted by atomic mass is 79.9. The van der Waals surface area contributed by atoms with E-state index >= 15 is 0 Å². The first-order chi connectivity index (χ1) is 13.1. The molecule has 1 aliphatic rings. The lowest BCUT2D eigenvalue weighted by atomic mass is 10.2. The summed E-state index contributed by atoms with van der Waals surface area (Å²) in [6.07, 6.45) is 1.36. The number of carbonyl (C=O) groups excluding carboxylic acids is 2. The van der Waals surface area contributed by atoms with Crippen molar-refractivity contribution in [2.75, 3.05) is 38.0 Å². The topological polar surface area (TPSA) is 52.7 Å². The zero-order valence-corrected chi connectivity index (χ0v) is 16.8.